The van der Waals surface area contributed by atoms with E-state index in [2.05, 4.69) is 25.6 Å². The predicted octanol–water partition coefficient (Wildman–Crippen LogP) is 3.65. The summed E-state index contributed by atoms with van der Waals surface area (Å²) in [7, 11) is 1.57. The number of carbonyl (C=O) groups excluding carboxylic acids is 2. The summed E-state index contributed by atoms with van der Waals surface area (Å²) in [6.07, 6.45) is 5.26. The molecule has 2 aromatic heterocycles. The van der Waals surface area contributed by atoms with Gasteiger partial charge in [0.25, 0.3) is 0 Å². The number of nitrogens with one attached hydrogen (secondary N) is 3. The van der Waals surface area contributed by atoms with Gasteiger partial charge in [0, 0.05) is 24.6 Å². The molecule has 1 aromatic carbocycles. The van der Waals surface area contributed by atoms with Crippen molar-refractivity contribution in [3.8, 4) is 5.75 Å². The Morgan fingerprint density at radius 1 is 1.25 bits per heavy atom. The molecule has 0 aliphatic heterocycles. The standard InChI is InChI=1S/C20H21N5O3/c1-3-16(26)12-9-21-17(25-20(27)11-4-5-11)8-15(12)24-14-7-6-13-18(19(14)28-2)23-10-22-13/h6-11H,3-5H2,1-2H3,(H,22,23)(H2,21,24,25,27). The van der Waals surface area contributed by atoms with Crippen LogP contribution in [0.5, 0.6) is 5.75 Å². The molecule has 0 atom stereocenters. The van der Waals surface area contributed by atoms with E-state index in [9.17, 15) is 9.59 Å². The van der Waals surface area contributed by atoms with Crippen LogP contribution in [0.2, 0.25) is 0 Å². The summed E-state index contributed by atoms with van der Waals surface area (Å²) in [6.45, 7) is 1.80. The van der Waals surface area contributed by atoms with Gasteiger partial charge in [0.15, 0.2) is 11.5 Å². The SMILES string of the molecule is CCC(=O)c1cnc(NC(=O)C2CC2)cc1Nc1ccc2[nH]cnc2c1OC. The number of ether oxygens (including phenoxy) is 1. The van der Waals surface area contributed by atoms with Gasteiger partial charge in [-0.1, -0.05) is 6.92 Å². The number of fused-ring (bicyclic) bond motifs is 1. The fourth-order valence-corrected chi connectivity index (χ4v) is 3.05. The first-order valence-electron chi connectivity index (χ1n) is 9.22. The maximum Gasteiger partial charge on any atom is 0.228 e. The van der Waals surface area contributed by atoms with Gasteiger partial charge in [0.2, 0.25) is 5.91 Å². The fourth-order valence-electron chi connectivity index (χ4n) is 3.05. The van der Waals surface area contributed by atoms with Gasteiger partial charge in [0.1, 0.15) is 11.3 Å². The number of aromatic amines is 1. The van der Waals surface area contributed by atoms with Crippen molar-refractivity contribution in [1.82, 2.24) is 15.0 Å². The Kier molecular flexibility index (Phi) is 4.68. The molecular weight excluding hydrogens is 358 g/mol. The number of amides is 1. The van der Waals surface area contributed by atoms with Crippen LogP contribution in [0.1, 0.15) is 36.5 Å². The van der Waals surface area contributed by atoms with Crippen LogP contribution < -0.4 is 15.4 Å². The number of carbonyl (C=O) groups is 2. The Bertz CT molecular complexity index is 1060. The van der Waals surface area contributed by atoms with Crippen LogP contribution in [0.4, 0.5) is 17.2 Å². The Labute approximate surface area is 161 Å². The maximum absolute atomic E-state index is 12.4. The minimum absolute atomic E-state index is 0.0384. The van der Waals surface area contributed by atoms with E-state index in [0.29, 0.717) is 40.4 Å². The maximum atomic E-state index is 12.4. The average molecular weight is 379 g/mol. The van der Waals surface area contributed by atoms with Crippen LogP contribution in [-0.2, 0) is 4.79 Å². The van der Waals surface area contributed by atoms with Crippen LogP contribution in [0.3, 0.4) is 0 Å². The van der Waals surface area contributed by atoms with Gasteiger partial charge in [0.05, 0.1) is 35.9 Å². The monoisotopic (exact) mass is 379 g/mol. The van der Waals surface area contributed by atoms with Crippen LogP contribution in [0.25, 0.3) is 11.0 Å². The minimum atomic E-state index is -0.0464. The van der Waals surface area contributed by atoms with Gasteiger partial charge in [-0.2, -0.15) is 0 Å². The third-order valence-electron chi connectivity index (χ3n) is 4.74. The lowest BCUT2D eigenvalue weighted by molar-refractivity contribution is -0.117. The summed E-state index contributed by atoms with van der Waals surface area (Å²) in [4.78, 5) is 36.0. The van der Waals surface area contributed by atoms with E-state index in [1.54, 1.807) is 26.4 Å². The van der Waals surface area contributed by atoms with Crippen molar-refractivity contribution in [3.63, 3.8) is 0 Å². The zero-order valence-electron chi connectivity index (χ0n) is 15.7. The number of H-pyrrole nitrogens is 1. The lowest BCUT2D eigenvalue weighted by atomic mass is 10.1. The third kappa shape index (κ3) is 3.40. The average Bonchev–Trinajstić information content (AvgIpc) is 3.45. The molecule has 1 saturated carbocycles. The smallest absolute Gasteiger partial charge is 0.228 e. The molecule has 2 heterocycles. The van der Waals surface area contributed by atoms with Crippen molar-refractivity contribution in [2.45, 2.75) is 26.2 Å². The zero-order chi connectivity index (χ0) is 19.7. The topological polar surface area (TPSA) is 109 Å². The van der Waals surface area contributed by atoms with Gasteiger partial charge < -0.3 is 20.4 Å². The summed E-state index contributed by atoms with van der Waals surface area (Å²) < 4.78 is 5.54. The summed E-state index contributed by atoms with van der Waals surface area (Å²) in [5, 5.41) is 6.08. The van der Waals surface area contributed by atoms with E-state index in [1.807, 2.05) is 12.1 Å². The van der Waals surface area contributed by atoms with Crippen LogP contribution in [0.15, 0.2) is 30.7 Å². The molecule has 1 fully saturated rings. The molecule has 0 radical (unpaired) electrons. The van der Waals surface area contributed by atoms with E-state index >= 15 is 0 Å². The molecule has 1 aliphatic carbocycles. The highest BCUT2D eigenvalue weighted by Crippen LogP contribution is 2.35. The van der Waals surface area contributed by atoms with Gasteiger partial charge in [-0.3, -0.25) is 9.59 Å². The summed E-state index contributed by atoms with van der Waals surface area (Å²) in [6, 6.07) is 5.41. The molecule has 1 amide bonds. The van der Waals surface area contributed by atoms with Gasteiger partial charge in [-0.25, -0.2) is 9.97 Å². The number of nitrogens with zero attached hydrogens (tertiary/aromatic N) is 2. The first kappa shape index (κ1) is 18.0. The molecule has 0 spiro atoms. The number of rotatable bonds is 7. The highest BCUT2D eigenvalue weighted by Gasteiger charge is 2.30. The number of pyridine rings is 1. The number of hydrogen-bond donors (Lipinski definition) is 3. The molecule has 0 bridgehead atoms. The second-order valence-corrected chi connectivity index (χ2v) is 6.73. The number of Topliss-reactive ketones (excluding diaryl/α,β-unsaturated/α-hetero) is 1. The van der Waals surface area contributed by atoms with Gasteiger partial charge in [-0.05, 0) is 25.0 Å². The number of anilines is 3. The van der Waals surface area contributed by atoms with Crippen LogP contribution in [-0.4, -0.2) is 33.8 Å². The molecule has 144 valence electrons. The van der Waals surface area contributed by atoms with Gasteiger partial charge >= 0.3 is 0 Å². The Morgan fingerprint density at radius 2 is 2.07 bits per heavy atom. The van der Waals surface area contributed by atoms with E-state index in [0.717, 1.165) is 18.4 Å². The Hall–Kier alpha value is -3.42. The summed E-state index contributed by atoms with van der Waals surface area (Å²) >= 11 is 0. The second-order valence-electron chi connectivity index (χ2n) is 6.73. The lowest BCUT2D eigenvalue weighted by Gasteiger charge is -2.15. The normalized spacial score (nSPS) is 13.4. The highest BCUT2D eigenvalue weighted by molar-refractivity contribution is 6.03. The quantitative estimate of drug-likeness (QED) is 0.541. The number of benzene rings is 1. The molecule has 3 N–H and O–H groups in total. The number of methoxy groups -OCH3 is 1. The van der Waals surface area contributed by atoms with Crippen molar-refractivity contribution in [2.75, 3.05) is 17.7 Å². The molecule has 1 aliphatic rings. The minimum Gasteiger partial charge on any atom is -0.492 e. The first-order valence-corrected chi connectivity index (χ1v) is 9.22. The molecule has 0 saturated heterocycles. The number of hydrogen-bond acceptors (Lipinski definition) is 6. The molecular formula is C20H21N5O3. The molecule has 4 rings (SSSR count). The van der Waals surface area contributed by atoms with Crippen molar-refractivity contribution >= 4 is 39.9 Å². The molecule has 3 aromatic rings. The lowest BCUT2D eigenvalue weighted by Crippen LogP contribution is -2.15. The fraction of sp³-hybridized carbons (Fsp3) is 0.300. The van der Waals surface area contributed by atoms with Crippen molar-refractivity contribution < 1.29 is 14.3 Å². The van der Waals surface area contributed by atoms with Crippen LogP contribution in [0, 0.1) is 5.92 Å². The van der Waals surface area contributed by atoms with E-state index in [1.165, 1.54) is 6.20 Å². The van der Waals surface area contributed by atoms with Crippen molar-refractivity contribution in [2.24, 2.45) is 5.92 Å². The molecule has 8 nitrogen and oxygen atoms in total. The Balaban J connectivity index is 1.71. The number of aromatic nitrogens is 3. The molecule has 8 heteroatoms. The van der Waals surface area contributed by atoms with Crippen molar-refractivity contribution in [1.29, 1.82) is 0 Å². The predicted molar refractivity (Wildman–Crippen MR) is 106 cm³/mol. The number of imidazole rings is 1. The first-order chi connectivity index (χ1) is 13.6. The summed E-state index contributed by atoms with van der Waals surface area (Å²) in [5.41, 5.74) is 3.21. The highest BCUT2D eigenvalue weighted by atomic mass is 16.5. The van der Waals surface area contributed by atoms with Gasteiger partial charge in [-0.15, -0.1) is 0 Å². The largest absolute Gasteiger partial charge is 0.492 e. The zero-order valence-corrected chi connectivity index (χ0v) is 15.7. The van der Waals surface area contributed by atoms with Crippen molar-refractivity contribution in [3.05, 3.63) is 36.3 Å². The second kappa shape index (κ2) is 7.30. The molecule has 0 unspecified atom stereocenters. The molecule has 28 heavy (non-hydrogen) atoms. The van der Waals surface area contributed by atoms with E-state index in [4.69, 9.17) is 4.74 Å². The van der Waals surface area contributed by atoms with E-state index in [-0.39, 0.29) is 17.6 Å². The number of ketones is 1. The Morgan fingerprint density at radius 3 is 2.79 bits per heavy atom. The third-order valence-corrected chi connectivity index (χ3v) is 4.74. The van der Waals surface area contributed by atoms with Crippen LogP contribution >= 0.6 is 0 Å². The van der Waals surface area contributed by atoms with E-state index < -0.39 is 0 Å². The summed E-state index contributed by atoms with van der Waals surface area (Å²) in [5.74, 6) is 0.955.